The average molecular weight is 391 g/mol. The van der Waals surface area contributed by atoms with Crippen LogP contribution in [-0.4, -0.2) is 17.0 Å². The molecular weight excluding hydrogens is 383 g/mol. The van der Waals surface area contributed by atoms with Crippen molar-refractivity contribution in [3.8, 4) is 0 Å². The third-order valence-electron chi connectivity index (χ3n) is 1.60. The van der Waals surface area contributed by atoms with E-state index in [1.165, 1.54) is 3.07 Å². The number of amides is 1. The number of hydrogen-bond acceptors (Lipinski definition) is 2. The summed E-state index contributed by atoms with van der Waals surface area (Å²) in [5, 5.41) is 10.9. The monoisotopic (exact) mass is 392 g/mol. The van der Waals surface area contributed by atoms with Crippen molar-refractivity contribution < 1.29 is 40.8 Å². The fourth-order valence-electron chi connectivity index (χ4n) is 0.919. The van der Waals surface area contributed by atoms with E-state index in [1.54, 1.807) is 12.1 Å². The van der Waals surface area contributed by atoms with Crippen molar-refractivity contribution >= 4 is 20.6 Å². The molecule has 1 rings (SSSR count). The second kappa shape index (κ2) is 5.65. The van der Waals surface area contributed by atoms with Crippen LogP contribution in [0.2, 0.25) is 0 Å². The summed E-state index contributed by atoms with van der Waals surface area (Å²) >= 11 is 0.575. The van der Waals surface area contributed by atoms with Gasteiger partial charge in [0.25, 0.3) is 0 Å². The van der Waals surface area contributed by atoms with E-state index in [4.69, 9.17) is 5.11 Å². The minimum atomic E-state index is -1.14. The summed E-state index contributed by atoms with van der Waals surface area (Å²) in [6.45, 7) is 0. The number of nitrogens with one attached hydrogen (secondary N) is 1. The average Bonchev–Trinajstić information content (AvgIpc) is 2.19. The van der Waals surface area contributed by atoms with Gasteiger partial charge in [0, 0.05) is 0 Å². The molecule has 1 amide bonds. The second-order valence-electron chi connectivity index (χ2n) is 2.86. The summed E-state index contributed by atoms with van der Waals surface area (Å²) in [5.41, 5.74) is 0.671. The molecule has 0 atom stereocenters. The molecule has 0 radical (unpaired) electrons. The van der Waals surface area contributed by atoms with Crippen LogP contribution < -0.4 is 8.39 Å². The standard InChI is InChI=1S/C10H8NO3.Hg/c12-9(6-7-10(13)14)11-8-4-2-1-3-5-8;/h2-7H,(H,11,12)(H,13,14);/q;+1/b7-6-;. The molecule has 0 aromatic heterocycles. The molecule has 0 unspecified atom stereocenters. The molecule has 2 N–H and O–H groups in total. The van der Waals surface area contributed by atoms with Crippen LogP contribution >= 0.6 is 0 Å². The first-order valence-electron chi connectivity index (χ1n) is 4.22. The summed E-state index contributed by atoms with van der Waals surface area (Å²) in [5.74, 6) is -1.58. The summed E-state index contributed by atoms with van der Waals surface area (Å²) in [6.07, 6.45) is 1.79. The third kappa shape index (κ3) is 4.74. The molecule has 0 aliphatic rings. The molecule has 0 aliphatic carbocycles. The fraction of sp³-hybridized carbons (Fsp3) is 0. The molecule has 1 aromatic rings. The number of anilines is 1. The molecule has 0 saturated heterocycles. The SMILES string of the molecule is O=C(O)/C=C\C(=O)Nc1cc[c]([Hg+])cc1. The molecule has 0 spiro atoms. The van der Waals surface area contributed by atoms with Gasteiger partial charge < -0.3 is 0 Å². The van der Waals surface area contributed by atoms with Crippen LogP contribution in [0.3, 0.4) is 0 Å². The van der Waals surface area contributed by atoms with E-state index in [2.05, 4.69) is 5.32 Å². The minimum absolute atomic E-state index is 0.441. The van der Waals surface area contributed by atoms with Crippen molar-refractivity contribution in [3.05, 3.63) is 36.4 Å². The van der Waals surface area contributed by atoms with Gasteiger partial charge in [-0.1, -0.05) is 0 Å². The van der Waals surface area contributed by atoms with Gasteiger partial charge in [0.1, 0.15) is 0 Å². The van der Waals surface area contributed by atoms with Crippen molar-refractivity contribution in [2.24, 2.45) is 0 Å². The first-order valence-corrected chi connectivity index (χ1v) is 6.97. The Morgan fingerprint density at radius 1 is 1.20 bits per heavy atom. The van der Waals surface area contributed by atoms with Crippen molar-refractivity contribution in [3.63, 3.8) is 0 Å². The van der Waals surface area contributed by atoms with Gasteiger partial charge >= 0.3 is 103 Å². The molecular formula is C10H8HgNO3+. The number of aliphatic carboxylic acids is 1. The molecule has 0 aliphatic heterocycles. The van der Waals surface area contributed by atoms with Crippen molar-refractivity contribution in [2.45, 2.75) is 0 Å². The Labute approximate surface area is 103 Å². The molecule has 4 nitrogen and oxygen atoms in total. The molecule has 0 bridgehead atoms. The Bertz CT molecular complexity index is 398. The number of carboxylic acid groups (broad SMARTS) is 1. The molecule has 0 fully saturated rings. The summed E-state index contributed by atoms with van der Waals surface area (Å²) in [4.78, 5) is 21.3. The number of hydrogen-bond donors (Lipinski definition) is 2. The van der Waals surface area contributed by atoms with Crippen molar-refractivity contribution in [1.29, 1.82) is 0 Å². The van der Waals surface area contributed by atoms with Crippen LogP contribution in [0.1, 0.15) is 0 Å². The Kier molecular flexibility index (Phi) is 4.49. The van der Waals surface area contributed by atoms with E-state index in [9.17, 15) is 9.59 Å². The van der Waals surface area contributed by atoms with Crippen LogP contribution in [-0.2, 0) is 35.7 Å². The first kappa shape index (κ1) is 11.9. The van der Waals surface area contributed by atoms with Gasteiger partial charge in [-0.05, 0) is 0 Å². The van der Waals surface area contributed by atoms with Gasteiger partial charge in [-0.2, -0.15) is 0 Å². The predicted octanol–water partition coefficient (Wildman–Crippen LogP) is 0.438. The maximum atomic E-state index is 11.2. The predicted molar refractivity (Wildman–Crippen MR) is 51.5 cm³/mol. The Morgan fingerprint density at radius 3 is 2.33 bits per heavy atom. The van der Waals surface area contributed by atoms with E-state index in [0.29, 0.717) is 31.8 Å². The van der Waals surface area contributed by atoms with Gasteiger partial charge in [-0.25, -0.2) is 0 Å². The van der Waals surface area contributed by atoms with Crippen LogP contribution in [0.4, 0.5) is 5.69 Å². The van der Waals surface area contributed by atoms with Gasteiger partial charge in [-0.3, -0.25) is 0 Å². The maximum absolute atomic E-state index is 11.2. The fourth-order valence-corrected chi connectivity index (χ4v) is 1.84. The zero-order chi connectivity index (χ0) is 11.3. The number of benzene rings is 1. The topological polar surface area (TPSA) is 66.4 Å². The van der Waals surface area contributed by atoms with Crippen molar-refractivity contribution in [1.82, 2.24) is 0 Å². The van der Waals surface area contributed by atoms with E-state index in [-0.39, 0.29) is 0 Å². The summed E-state index contributed by atoms with van der Waals surface area (Å²) in [7, 11) is 0. The van der Waals surface area contributed by atoms with Crippen molar-refractivity contribution in [2.75, 3.05) is 5.32 Å². The van der Waals surface area contributed by atoms with Gasteiger partial charge in [0.15, 0.2) is 0 Å². The van der Waals surface area contributed by atoms with E-state index >= 15 is 0 Å². The summed E-state index contributed by atoms with van der Waals surface area (Å²) in [6, 6.07) is 7.49. The second-order valence-corrected chi connectivity index (χ2v) is 6.03. The quantitative estimate of drug-likeness (QED) is 0.581. The molecule has 1 aromatic carbocycles. The van der Waals surface area contributed by atoms with Gasteiger partial charge in [0.2, 0.25) is 0 Å². The molecule has 72 valence electrons. The van der Waals surface area contributed by atoms with E-state index < -0.39 is 11.9 Å². The van der Waals surface area contributed by atoms with Crippen LogP contribution in [0, 0.1) is 0 Å². The third-order valence-corrected chi connectivity index (χ3v) is 3.43. The first-order chi connectivity index (χ1) is 7.08. The number of carboxylic acids is 1. The van der Waals surface area contributed by atoms with Crippen LogP contribution in [0.15, 0.2) is 36.4 Å². The Morgan fingerprint density at radius 2 is 1.80 bits per heavy atom. The Balaban J connectivity index is 2.59. The Hall–Kier alpha value is -1.16. The van der Waals surface area contributed by atoms with E-state index in [1.807, 2.05) is 12.1 Å². The number of carbonyl (C=O) groups excluding carboxylic acids is 1. The zero-order valence-electron chi connectivity index (χ0n) is 7.93. The normalized spacial score (nSPS) is 10.3. The number of carbonyl (C=O) groups is 2. The number of rotatable bonds is 3. The van der Waals surface area contributed by atoms with Crippen LogP contribution in [0.25, 0.3) is 0 Å². The molecule has 0 heterocycles. The molecule has 0 saturated carbocycles. The molecule has 5 heteroatoms. The van der Waals surface area contributed by atoms with E-state index in [0.717, 1.165) is 12.2 Å². The van der Waals surface area contributed by atoms with Crippen LogP contribution in [0.5, 0.6) is 0 Å². The zero-order valence-corrected chi connectivity index (χ0v) is 13.4. The summed E-state index contributed by atoms with van der Waals surface area (Å²) < 4.78 is 1.29. The van der Waals surface area contributed by atoms with Gasteiger partial charge in [0.05, 0.1) is 0 Å². The van der Waals surface area contributed by atoms with Gasteiger partial charge in [-0.15, -0.1) is 0 Å². The molecule has 15 heavy (non-hydrogen) atoms.